The number of nitrogens with zero attached hydrogens (tertiary/aromatic N) is 5. The molecular formula is C22H20FN5O2. The van der Waals surface area contributed by atoms with Crippen LogP contribution in [0.3, 0.4) is 0 Å². The normalized spacial score (nSPS) is 12.7. The molecule has 3 aromatic rings. The molecule has 0 saturated heterocycles. The Hall–Kier alpha value is -3.73. The average molecular weight is 405 g/mol. The Morgan fingerprint density at radius 1 is 1.27 bits per heavy atom. The second kappa shape index (κ2) is 7.59. The van der Waals surface area contributed by atoms with Gasteiger partial charge in [0.2, 0.25) is 0 Å². The standard InChI is InChI=1S/C22H20FN5O2/c1-13(2)30-20-6-4-15(9-24)8-17(20)22(29)27-10-16-11-28(26-19(16)12-27)21-7-5-18(23)14(3)25-21/h4-8,11,13H,10,12H2,1-3H3. The van der Waals surface area contributed by atoms with E-state index < -0.39 is 0 Å². The number of ether oxygens (including phenoxy) is 1. The molecule has 7 nitrogen and oxygen atoms in total. The molecule has 0 N–H and O–H groups in total. The molecule has 4 rings (SSSR count). The van der Waals surface area contributed by atoms with Crippen LogP contribution in [0.1, 0.15) is 46.7 Å². The van der Waals surface area contributed by atoms with Crippen molar-refractivity contribution in [2.45, 2.75) is 40.0 Å². The van der Waals surface area contributed by atoms with E-state index in [4.69, 9.17) is 4.74 Å². The molecule has 152 valence electrons. The van der Waals surface area contributed by atoms with Gasteiger partial charge in [0.05, 0.1) is 41.2 Å². The van der Waals surface area contributed by atoms with Crippen molar-refractivity contribution in [1.82, 2.24) is 19.7 Å². The van der Waals surface area contributed by atoms with Gasteiger partial charge in [-0.2, -0.15) is 10.4 Å². The lowest BCUT2D eigenvalue weighted by molar-refractivity contribution is 0.0743. The first-order valence-corrected chi connectivity index (χ1v) is 9.56. The molecule has 8 heteroatoms. The number of aryl methyl sites for hydroxylation is 1. The third-order valence-corrected chi connectivity index (χ3v) is 4.81. The van der Waals surface area contributed by atoms with E-state index in [2.05, 4.69) is 16.2 Å². The number of amides is 1. The zero-order valence-electron chi connectivity index (χ0n) is 16.9. The van der Waals surface area contributed by atoms with E-state index in [1.807, 2.05) is 13.8 Å². The van der Waals surface area contributed by atoms with Gasteiger partial charge in [-0.3, -0.25) is 4.79 Å². The Bertz CT molecular complexity index is 1160. The maximum atomic E-state index is 13.5. The van der Waals surface area contributed by atoms with Gasteiger partial charge in [0.25, 0.3) is 5.91 Å². The summed E-state index contributed by atoms with van der Waals surface area (Å²) >= 11 is 0. The Morgan fingerprint density at radius 2 is 2.07 bits per heavy atom. The number of aromatic nitrogens is 3. The van der Waals surface area contributed by atoms with Crippen molar-refractivity contribution >= 4 is 5.91 Å². The third-order valence-electron chi connectivity index (χ3n) is 4.81. The number of hydrogen-bond donors (Lipinski definition) is 0. The van der Waals surface area contributed by atoms with Gasteiger partial charge in [-0.15, -0.1) is 0 Å². The third kappa shape index (κ3) is 3.62. The summed E-state index contributed by atoms with van der Waals surface area (Å²) in [5.41, 5.74) is 2.71. The van der Waals surface area contributed by atoms with Crippen LogP contribution < -0.4 is 4.74 Å². The van der Waals surface area contributed by atoms with Crippen LogP contribution in [-0.4, -0.2) is 31.7 Å². The Balaban J connectivity index is 1.58. The summed E-state index contributed by atoms with van der Waals surface area (Å²) in [6.07, 6.45) is 1.70. The summed E-state index contributed by atoms with van der Waals surface area (Å²) in [6.45, 7) is 6.08. The summed E-state index contributed by atoms with van der Waals surface area (Å²) in [6, 6.07) is 9.84. The van der Waals surface area contributed by atoms with Crippen molar-refractivity contribution in [2.75, 3.05) is 0 Å². The van der Waals surface area contributed by atoms with Crippen molar-refractivity contribution < 1.29 is 13.9 Å². The largest absolute Gasteiger partial charge is 0.490 e. The summed E-state index contributed by atoms with van der Waals surface area (Å²) in [4.78, 5) is 19.0. The number of rotatable bonds is 4. The van der Waals surface area contributed by atoms with E-state index in [1.54, 1.807) is 47.0 Å². The van der Waals surface area contributed by atoms with Crippen molar-refractivity contribution in [3.8, 4) is 17.6 Å². The van der Waals surface area contributed by atoms with Crippen LogP contribution in [0.4, 0.5) is 4.39 Å². The highest BCUT2D eigenvalue weighted by Crippen LogP contribution is 2.28. The molecule has 0 spiro atoms. The van der Waals surface area contributed by atoms with Crippen LogP contribution in [0.2, 0.25) is 0 Å². The smallest absolute Gasteiger partial charge is 0.258 e. The first kappa shape index (κ1) is 19.6. The van der Waals surface area contributed by atoms with Crippen LogP contribution in [0.25, 0.3) is 5.82 Å². The molecule has 3 heterocycles. The van der Waals surface area contributed by atoms with Crippen molar-refractivity contribution in [1.29, 1.82) is 5.26 Å². The molecule has 1 aliphatic rings. The lowest BCUT2D eigenvalue weighted by atomic mass is 10.1. The number of halogens is 1. The van der Waals surface area contributed by atoms with Gasteiger partial charge < -0.3 is 9.64 Å². The molecule has 0 atom stereocenters. The average Bonchev–Trinajstić information content (AvgIpc) is 3.29. The monoisotopic (exact) mass is 405 g/mol. The van der Waals surface area contributed by atoms with Gasteiger partial charge >= 0.3 is 0 Å². The lowest BCUT2D eigenvalue weighted by Crippen LogP contribution is -2.27. The molecular weight excluding hydrogens is 385 g/mol. The Labute approximate surface area is 173 Å². The summed E-state index contributed by atoms with van der Waals surface area (Å²) < 4.78 is 20.8. The minimum absolute atomic E-state index is 0.102. The summed E-state index contributed by atoms with van der Waals surface area (Å²) in [5, 5.41) is 13.7. The van der Waals surface area contributed by atoms with E-state index in [0.29, 0.717) is 41.5 Å². The molecule has 0 aliphatic carbocycles. The fraction of sp³-hybridized carbons (Fsp3) is 0.273. The lowest BCUT2D eigenvalue weighted by Gasteiger charge is -2.19. The van der Waals surface area contributed by atoms with E-state index in [0.717, 1.165) is 11.3 Å². The van der Waals surface area contributed by atoms with E-state index >= 15 is 0 Å². The summed E-state index contributed by atoms with van der Waals surface area (Å²) in [7, 11) is 0. The molecule has 30 heavy (non-hydrogen) atoms. The number of benzene rings is 1. The SMILES string of the molecule is Cc1nc(-n2cc3c(n2)CN(C(=O)c2cc(C#N)ccc2OC(C)C)C3)ccc1F. The fourth-order valence-electron chi connectivity index (χ4n) is 3.37. The second-order valence-corrected chi connectivity index (χ2v) is 7.43. The van der Waals surface area contributed by atoms with Crippen LogP contribution in [0, 0.1) is 24.1 Å². The van der Waals surface area contributed by atoms with Crippen molar-refractivity contribution in [2.24, 2.45) is 0 Å². The number of carbonyl (C=O) groups is 1. The van der Waals surface area contributed by atoms with Gasteiger partial charge in [0.1, 0.15) is 11.6 Å². The van der Waals surface area contributed by atoms with Gasteiger partial charge in [0.15, 0.2) is 5.82 Å². The van der Waals surface area contributed by atoms with Crippen LogP contribution in [0.5, 0.6) is 5.75 Å². The molecule has 1 aromatic carbocycles. The molecule has 0 saturated carbocycles. The van der Waals surface area contributed by atoms with E-state index in [-0.39, 0.29) is 17.8 Å². The predicted octanol–water partition coefficient (Wildman–Crippen LogP) is 3.53. The maximum absolute atomic E-state index is 13.5. The topological polar surface area (TPSA) is 84.0 Å². The first-order valence-electron chi connectivity index (χ1n) is 9.56. The molecule has 1 aliphatic heterocycles. The Morgan fingerprint density at radius 3 is 2.73 bits per heavy atom. The highest BCUT2D eigenvalue weighted by atomic mass is 19.1. The van der Waals surface area contributed by atoms with Crippen LogP contribution >= 0.6 is 0 Å². The van der Waals surface area contributed by atoms with Crippen molar-refractivity contribution in [3.63, 3.8) is 0 Å². The fourth-order valence-corrected chi connectivity index (χ4v) is 3.37. The van der Waals surface area contributed by atoms with Gasteiger partial charge in [-0.25, -0.2) is 14.1 Å². The molecule has 2 aromatic heterocycles. The number of hydrogen-bond acceptors (Lipinski definition) is 5. The molecule has 0 radical (unpaired) electrons. The molecule has 1 amide bonds. The number of nitriles is 1. The zero-order chi connectivity index (χ0) is 21.4. The zero-order valence-corrected chi connectivity index (χ0v) is 16.9. The van der Waals surface area contributed by atoms with Crippen molar-refractivity contribution in [3.05, 3.63) is 70.4 Å². The molecule has 0 bridgehead atoms. The van der Waals surface area contributed by atoms with Crippen LogP contribution in [-0.2, 0) is 13.1 Å². The molecule has 0 unspecified atom stereocenters. The van der Waals surface area contributed by atoms with Gasteiger partial charge in [-0.05, 0) is 51.1 Å². The number of carbonyl (C=O) groups excluding carboxylic acids is 1. The van der Waals surface area contributed by atoms with Gasteiger partial charge in [-0.1, -0.05) is 0 Å². The first-order chi connectivity index (χ1) is 14.4. The van der Waals surface area contributed by atoms with E-state index in [1.165, 1.54) is 6.07 Å². The highest BCUT2D eigenvalue weighted by molar-refractivity contribution is 5.97. The quantitative estimate of drug-likeness (QED) is 0.663. The Kier molecular flexibility index (Phi) is 4.96. The van der Waals surface area contributed by atoms with E-state index in [9.17, 15) is 14.4 Å². The minimum Gasteiger partial charge on any atom is -0.490 e. The highest BCUT2D eigenvalue weighted by Gasteiger charge is 2.29. The van der Waals surface area contributed by atoms with Gasteiger partial charge in [0, 0.05) is 18.3 Å². The second-order valence-electron chi connectivity index (χ2n) is 7.43. The molecule has 0 fully saturated rings. The summed E-state index contributed by atoms with van der Waals surface area (Å²) in [5.74, 6) is 0.391. The maximum Gasteiger partial charge on any atom is 0.258 e. The number of pyridine rings is 1. The van der Waals surface area contributed by atoms with Crippen LogP contribution in [0.15, 0.2) is 36.5 Å². The number of fused-ring (bicyclic) bond motifs is 1. The predicted molar refractivity (Wildman–Crippen MR) is 107 cm³/mol. The minimum atomic E-state index is -0.366.